The molecule has 5 rings (SSSR count). The summed E-state index contributed by atoms with van der Waals surface area (Å²) in [5, 5.41) is 14.7. The summed E-state index contributed by atoms with van der Waals surface area (Å²) in [5.74, 6) is -1.90. The maximum absolute atomic E-state index is 14.3. The summed E-state index contributed by atoms with van der Waals surface area (Å²) in [6, 6.07) is 5.88. The number of aromatic nitrogens is 6. The molecule has 152 valence electrons. The van der Waals surface area contributed by atoms with Gasteiger partial charge in [0, 0.05) is 4.88 Å². The van der Waals surface area contributed by atoms with Crippen molar-refractivity contribution in [2.45, 2.75) is 12.8 Å². The standard InChI is InChI=1S/C19H16F2N8S/c20-11-2-1-3-13(16(11)21)29-19(26-27-28-29)17-18(22)24-9-12(25-17)15-8-10-4-6-23-7-5-14(10)30-15/h1-3,8-9,23H,4-7H2,(H2,22,24). The van der Waals surface area contributed by atoms with Crippen molar-refractivity contribution in [1.29, 1.82) is 0 Å². The number of fused-ring (bicyclic) bond motifs is 1. The van der Waals surface area contributed by atoms with E-state index in [0.717, 1.165) is 41.6 Å². The first-order valence-electron chi connectivity index (χ1n) is 9.30. The number of nitrogens with zero attached hydrogens (tertiary/aromatic N) is 6. The minimum Gasteiger partial charge on any atom is -0.382 e. The van der Waals surface area contributed by atoms with E-state index < -0.39 is 11.6 Å². The van der Waals surface area contributed by atoms with E-state index in [9.17, 15) is 8.78 Å². The predicted octanol–water partition coefficient (Wildman–Crippen LogP) is 2.40. The Bertz CT molecular complexity index is 1210. The van der Waals surface area contributed by atoms with Crippen LogP contribution in [0.2, 0.25) is 0 Å². The lowest BCUT2D eigenvalue weighted by Gasteiger charge is -2.08. The fraction of sp³-hybridized carbons (Fsp3) is 0.211. The minimum absolute atomic E-state index is 0.0775. The number of nitrogens with two attached hydrogens (primary N) is 1. The second-order valence-corrected chi connectivity index (χ2v) is 7.92. The summed E-state index contributed by atoms with van der Waals surface area (Å²) in [6.45, 7) is 1.88. The quantitative estimate of drug-likeness (QED) is 0.518. The molecule has 0 saturated heterocycles. The van der Waals surface area contributed by atoms with Gasteiger partial charge in [0.15, 0.2) is 23.1 Å². The molecule has 3 aromatic heterocycles. The maximum atomic E-state index is 14.3. The van der Waals surface area contributed by atoms with Gasteiger partial charge < -0.3 is 11.1 Å². The van der Waals surface area contributed by atoms with Crippen LogP contribution in [0.1, 0.15) is 10.4 Å². The van der Waals surface area contributed by atoms with E-state index in [2.05, 4.69) is 36.9 Å². The molecule has 1 aromatic carbocycles. The Hall–Kier alpha value is -3.31. The molecule has 30 heavy (non-hydrogen) atoms. The number of halogens is 2. The zero-order valence-electron chi connectivity index (χ0n) is 15.6. The van der Waals surface area contributed by atoms with Crippen LogP contribution in [0.4, 0.5) is 14.6 Å². The molecule has 0 atom stereocenters. The van der Waals surface area contributed by atoms with Crippen LogP contribution in [0.5, 0.6) is 0 Å². The second kappa shape index (κ2) is 7.50. The van der Waals surface area contributed by atoms with Gasteiger partial charge in [-0.25, -0.2) is 18.7 Å². The van der Waals surface area contributed by atoms with Gasteiger partial charge in [-0.2, -0.15) is 4.68 Å². The number of hydrogen-bond donors (Lipinski definition) is 2. The van der Waals surface area contributed by atoms with Gasteiger partial charge in [0.2, 0.25) is 5.82 Å². The highest BCUT2D eigenvalue weighted by atomic mass is 32.1. The summed E-state index contributed by atoms with van der Waals surface area (Å²) >= 11 is 1.67. The van der Waals surface area contributed by atoms with Gasteiger partial charge in [-0.3, -0.25) is 0 Å². The zero-order chi connectivity index (χ0) is 20.7. The Labute approximate surface area is 173 Å². The molecule has 0 radical (unpaired) electrons. The highest BCUT2D eigenvalue weighted by molar-refractivity contribution is 7.15. The van der Waals surface area contributed by atoms with E-state index in [1.54, 1.807) is 17.5 Å². The van der Waals surface area contributed by atoms with E-state index in [4.69, 9.17) is 5.73 Å². The Balaban J connectivity index is 1.59. The number of nitrogen functional groups attached to an aromatic ring is 1. The van der Waals surface area contributed by atoms with Crippen molar-refractivity contribution in [2.24, 2.45) is 0 Å². The molecule has 1 aliphatic heterocycles. The molecule has 3 N–H and O–H groups in total. The van der Waals surface area contributed by atoms with Crippen LogP contribution in [0.15, 0.2) is 30.5 Å². The first-order chi connectivity index (χ1) is 14.6. The molecule has 0 saturated carbocycles. The summed E-state index contributed by atoms with van der Waals surface area (Å²) in [6.07, 6.45) is 3.52. The number of hydrogen-bond acceptors (Lipinski definition) is 8. The normalized spacial score (nSPS) is 13.8. The van der Waals surface area contributed by atoms with Crippen molar-refractivity contribution in [2.75, 3.05) is 18.8 Å². The molecule has 4 heterocycles. The average Bonchev–Trinajstić information content (AvgIpc) is 3.33. The fourth-order valence-electron chi connectivity index (χ4n) is 3.40. The van der Waals surface area contributed by atoms with Crippen molar-refractivity contribution < 1.29 is 8.78 Å². The summed E-state index contributed by atoms with van der Waals surface area (Å²) in [4.78, 5) is 11.1. The molecular formula is C19H16F2N8S. The van der Waals surface area contributed by atoms with Crippen molar-refractivity contribution in [3.8, 4) is 27.8 Å². The second-order valence-electron chi connectivity index (χ2n) is 6.79. The number of anilines is 1. The molecule has 1 aliphatic rings. The van der Waals surface area contributed by atoms with Crippen molar-refractivity contribution in [1.82, 2.24) is 35.5 Å². The number of rotatable bonds is 3. The number of thiophene rings is 1. The van der Waals surface area contributed by atoms with Gasteiger partial charge in [0.1, 0.15) is 5.69 Å². The van der Waals surface area contributed by atoms with Gasteiger partial charge in [0.05, 0.1) is 16.8 Å². The van der Waals surface area contributed by atoms with Gasteiger partial charge in [-0.15, -0.1) is 16.4 Å². The van der Waals surface area contributed by atoms with Crippen LogP contribution in [0.25, 0.3) is 27.8 Å². The molecular weight excluding hydrogens is 410 g/mol. The molecule has 0 unspecified atom stereocenters. The predicted molar refractivity (Wildman–Crippen MR) is 108 cm³/mol. The molecule has 8 nitrogen and oxygen atoms in total. The van der Waals surface area contributed by atoms with E-state index in [0.29, 0.717) is 5.69 Å². The smallest absolute Gasteiger partial charge is 0.209 e. The maximum Gasteiger partial charge on any atom is 0.209 e. The minimum atomic E-state index is -1.07. The van der Waals surface area contributed by atoms with E-state index in [1.807, 2.05) is 0 Å². The van der Waals surface area contributed by atoms with Crippen LogP contribution < -0.4 is 11.1 Å². The van der Waals surface area contributed by atoms with Gasteiger partial charge >= 0.3 is 0 Å². The van der Waals surface area contributed by atoms with Crippen LogP contribution in [-0.2, 0) is 12.8 Å². The SMILES string of the molecule is Nc1ncc(-c2cc3c(s2)CCNCC3)nc1-c1nnnn1-c1cccc(F)c1F. The number of benzene rings is 1. The molecule has 0 fully saturated rings. The van der Waals surface area contributed by atoms with Crippen LogP contribution in [0.3, 0.4) is 0 Å². The highest BCUT2D eigenvalue weighted by Crippen LogP contribution is 2.33. The van der Waals surface area contributed by atoms with Gasteiger partial charge in [-0.05, 0) is 60.1 Å². The van der Waals surface area contributed by atoms with Crippen LogP contribution in [-0.4, -0.2) is 43.3 Å². The molecule has 4 aromatic rings. The average molecular weight is 426 g/mol. The van der Waals surface area contributed by atoms with E-state index >= 15 is 0 Å². The third-order valence-corrected chi connectivity index (χ3v) is 6.15. The van der Waals surface area contributed by atoms with Crippen molar-refractivity contribution >= 4 is 17.2 Å². The first kappa shape index (κ1) is 18.7. The van der Waals surface area contributed by atoms with Crippen molar-refractivity contribution in [3.63, 3.8) is 0 Å². The Morgan fingerprint density at radius 3 is 2.93 bits per heavy atom. The lowest BCUT2D eigenvalue weighted by molar-refractivity contribution is 0.501. The third-order valence-electron chi connectivity index (χ3n) is 4.89. The summed E-state index contributed by atoms with van der Waals surface area (Å²) in [5.41, 5.74) is 8.02. The lowest BCUT2D eigenvalue weighted by atomic mass is 10.1. The van der Waals surface area contributed by atoms with Crippen LogP contribution in [0, 0.1) is 11.6 Å². The number of nitrogens with one attached hydrogen (secondary N) is 1. The molecule has 0 amide bonds. The molecule has 11 heteroatoms. The topological polar surface area (TPSA) is 107 Å². The highest BCUT2D eigenvalue weighted by Gasteiger charge is 2.21. The lowest BCUT2D eigenvalue weighted by Crippen LogP contribution is -2.16. The molecule has 0 spiro atoms. The summed E-state index contributed by atoms with van der Waals surface area (Å²) < 4.78 is 29.1. The Kier molecular flexibility index (Phi) is 4.68. The molecule has 0 bridgehead atoms. The fourth-order valence-corrected chi connectivity index (χ4v) is 4.57. The Morgan fingerprint density at radius 1 is 1.17 bits per heavy atom. The van der Waals surface area contributed by atoms with Gasteiger partial charge in [-0.1, -0.05) is 6.07 Å². The van der Waals surface area contributed by atoms with Crippen molar-refractivity contribution in [3.05, 3.63) is 52.5 Å². The summed E-state index contributed by atoms with van der Waals surface area (Å²) in [7, 11) is 0. The number of tetrazole rings is 1. The Morgan fingerprint density at radius 2 is 2.03 bits per heavy atom. The van der Waals surface area contributed by atoms with E-state index in [-0.39, 0.29) is 23.0 Å². The largest absolute Gasteiger partial charge is 0.382 e. The van der Waals surface area contributed by atoms with Gasteiger partial charge in [0.25, 0.3) is 0 Å². The van der Waals surface area contributed by atoms with E-state index in [1.165, 1.54) is 22.6 Å². The monoisotopic (exact) mass is 426 g/mol. The first-order valence-corrected chi connectivity index (χ1v) is 10.1. The third kappa shape index (κ3) is 3.21. The molecule has 0 aliphatic carbocycles. The zero-order valence-corrected chi connectivity index (χ0v) is 16.5. The van der Waals surface area contributed by atoms with Crippen LogP contribution >= 0.6 is 11.3 Å².